The van der Waals surface area contributed by atoms with Gasteiger partial charge in [0.2, 0.25) is 0 Å². The quantitative estimate of drug-likeness (QED) is 0.477. The normalized spacial score (nSPS) is 8.75. The summed E-state index contributed by atoms with van der Waals surface area (Å²) in [5, 5.41) is 2.66. The average molecular weight is 384 g/mol. The van der Waals surface area contributed by atoms with Crippen LogP contribution in [0.3, 0.4) is 0 Å². The molecule has 0 N–H and O–H groups in total. The number of rotatable bonds is 1. The zero-order valence-electron chi connectivity index (χ0n) is 11.7. The zero-order chi connectivity index (χ0) is 12.1. The smallest absolute Gasteiger partial charge is 1.00 e. The van der Waals surface area contributed by atoms with Gasteiger partial charge >= 0.3 is 26.2 Å². The van der Waals surface area contributed by atoms with Crippen LogP contribution in [0.2, 0.25) is 0 Å². The Morgan fingerprint density at radius 2 is 1.60 bits per heavy atom. The topological polar surface area (TPSA) is 0 Å². The van der Waals surface area contributed by atoms with Crippen molar-refractivity contribution in [2.45, 2.75) is 19.8 Å². The van der Waals surface area contributed by atoms with Crippen LogP contribution in [-0.2, 0) is 26.2 Å². The first-order valence-electron chi connectivity index (χ1n) is 6.09. The van der Waals surface area contributed by atoms with Crippen molar-refractivity contribution in [3.63, 3.8) is 0 Å². The molecule has 0 unspecified atom stereocenters. The molecule has 0 nitrogen and oxygen atoms in total. The Morgan fingerprint density at radius 1 is 0.900 bits per heavy atom. The van der Waals surface area contributed by atoms with Crippen LogP contribution in [0.25, 0.3) is 10.8 Å². The van der Waals surface area contributed by atoms with Crippen molar-refractivity contribution in [1.29, 1.82) is 0 Å². The van der Waals surface area contributed by atoms with Crippen molar-refractivity contribution in [1.82, 2.24) is 0 Å². The van der Waals surface area contributed by atoms with E-state index in [2.05, 4.69) is 80.6 Å². The predicted octanol–water partition coefficient (Wildman–Crippen LogP) is -0.907. The molecule has 3 aromatic carbocycles. The van der Waals surface area contributed by atoms with Gasteiger partial charge in [-0.3, -0.25) is 0 Å². The molecule has 0 heterocycles. The van der Waals surface area contributed by atoms with Gasteiger partial charge < -0.3 is 24.8 Å². The van der Waals surface area contributed by atoms with E-state index in [-0.39, 0.29) is 51.0 Å². The van der Waals surface area contributed by atoms with Gasteiger partial charge in [-0.2, -0.15) is 41.3 Å². The molecule has 0 aliphatic rings. The molecule has 3 rings (SSSR count). The Hall–Kier alpha value is -0.357. The van der Waals surface area contributed by atoms with Gasteiger partial charge in [-0.05, 0) is 0 Å². The minimum absolute atomic E-state index is 0. The van der Waals surface area contributed by atoms with Gasteiger partial charge in [0.1, 0.15) is 0 Å². The molecule has 0 bridgehead atoms. The van der Waals surface area contributed by atoms with Crippen LogP contribution >= 0.6 is 0 Å². The SMILES string of the molecule is CC(C)c1cc[cH-]c1.[Cl-].[Cl-].[Zr+4].c1ccc2[cH-]ccc2c1. The Labute approximate surface area is 153 Å². The minimum Gasteiger partial charge on any atom is -1.00 e. The van der Waals surface area contributed by atoms with Gasteiger partial charge in [0.25, 0.3) is 0 Å². The van der Waals surface area contributed by atoms with Gasteiger partial charge in [-0.25, -0.2) is 6.07 Å². The van der Waals surface area contributed by atoms with Crippen LogP contribution in [0.5, 0.6) is 0 Å². The third-order valence-corrected chi connectivity index (χ3v) is 2.90. The minimum atomic E-state index is 0. The number of hydrogen-bond donors (Lipinski definition) is 0. The molecule has 0 atom stereocenters. The van der Waals surface area contributed by atoms with Crippen molar-refractivity contribution in [3.05, 3.63) is 72.3 Å². The van der Waals surface area contributed by atoms with Crippen molar-refractivity contribution >= 4 is 10.8 Å². The standard InChI is InChI=1S/C9H7.C8H11.2ClH.Zr/c1-2-5-9-7-3-6-8(9)4-1;1-7(2)8-5-3-4-6-8;;;/h1-7H;3-7H,1-2H3;2*1H;/q2*-1;;;+4/p-2. The largest absolute Gasteiger partial charge is 4.00 e. The maximum Gasteiger partial charge on any atom is 4.00 e. The summed E-state index contributed by atoms with van der Waals surface area (Å²) < 4.78 is 0. The first-order chi connectivity index (χ1) is 8.27. The molecule has 3 aromatic rings. The summed E-state index contributed by atoms with van der Waals surface area (Å²) in [6, 6.07) is 23.1. The molecule has 0 fully saturated rings. The van der Waals surface area contributed by atoms with Gasteiger partial charge in [-0.15, -0.1) is 29.7 Å². The van der Waals surface area contributed by atoms with E-state index in [1.165, 1.54) is 16.3 Å². The van der Waals surface area contributed by atoms with Crippen LogP contribution in [0, 0.1) is 0 Å². The summed E-state index contributed by atoms with van der Waals surface area (Å²) in [5.74, 6) is 0.685. The second-order valence-corrected chi connectivity index (χ2v) is 4.53. The molecular formula is C17H18Cl2Zr. The van der Waals surface area contributed by atoms with Gasteiger partial charge in [-0.1, -0.05) is 25.8 Å². The summed E-state index contributed by atoms with van der Waals surface area (Å²) in [5.41, 5.74) is 1.44. The van der Waals surface area contributed by atoms with Crippen LogP contribution in [0.4, 0.5) is 0 Å². The molecule has 0 aliphatic carbocycles. The molecule has 0 amide bonds. The molecule has 0 radical (unpaired) electrons. The van der Waals surface area contributed by atoms with Crippen LogP contribution in [0.1, 0.15) is 25.3 Å². The monoisotopic (exact) mass is 382 g/mol. The van der Waals surface area contributed by atoms with Crippen molar-refractivity contribution < 1.29 is 51.0 Å². The van der Waals surface area contributed by atoms with Crippen LogP contribution in [-0.4, -0.2) is 0 Å². The van der Waals surface area contributed by atoms with E-state index < -0.39 is 0 Å². The van der Waals surface area contributed by atoms with Crippen LogP contribution < -0.4 is 24.8 Å². The summed E-state index contributed by atoms with van der Waals surface area (Å²) in [7, 11) is 0. The van der Waals surface area contributed by atoms with Crippen molar-refractivity contribution in [2.75, 3.05) is 0 Å². The second kappa shape index (κ2) is 11.3. The number of fused-ring (bicyclic) bond motifs is 1. The van der Waals surface area contributed by atoms with Crippen molar-refractivity contribution in [3.8, 4) is 0 Å². The maximum absolute atomic E-state index is 2.20. The molecule has 0 spiro atoms. The Bertz CT molecular complexity index is 523. The fraction of sp³-hybridized carbons (Fsp3) is 0.176. The Kier molecular flexibility index (Phi) is 12.4. The maximum atomic E-state index is 2.20. The Morgan fingerprint density at radius 3 is 2.10 bits per heavy atom. The molecule has 0 saturated heterocycles. The molecule has 0 aromatic heterocycles. The van der Waals surface area contributed by atoms with Crippen LogP contribution in [0.15, 0.2) is 66.7 Å². The van der Waals surface area contributed by atoms with E-state index in [9.17, 15) is 0 Å². The average Bonchev–Trinajstić information content (AvgIpc) is 3.01. The third kappa shape index (κ3) is 6.40. The first-order valence-corrected chi connectivity index (χ1v) is 6.09. The molecule has 3 heteroatoms. The summed E-state index contributed by atoms with van der Waals surface area (Å²) in [6.45, 7) is 4.41. The Balaban J connectivity index is 0. The van der Waals surface area contributed by atoms with Gasteiger partial charge in [0.05, 0.1) is 0 Å². The number of hydrogen-bond acceptors (Lipinski definition) is 0. The second-order valence-electron chi connectivity index (χ2n) is 4.53. The van der Waals surface area contributed by atoms with E-state index in [1.54, 1.807) is 0 Å². The molecule has 104 valence electrons. The summed E-state index contributed by atoms with van der Waals surface area (Å²) >= 11 is 0. The van der Waals surface area contributed by atoms with E-state index in [4.69, 9.17) is 0 Å². The number of halogens is 2. The molecule has 0 aliphatic heterocycles. The molecule has 0 saturated carbocycles. The van der Waals surface area contributed by atoms with E-state index in [1.807, 2.05) is 0 Å². The summed E-state index contributed by atoms with van der Waals surface area (Å²) in [4.78, 5) is 0. The zero-order valence-corrected chi connectivity index (χ0v) is 15.7. The predicted molar refractivity (Wildman–Crippen MR) is 75.7 cm³/mol. The summed E-state index contributed by atoms with van der Waals surface area (Å²) in [6.07, 6.45) is 0. The van der Waals surface area contributed by atoms with E-state index in [0.717, 1.165) is 0 Å². The van der Waals surface area contributed by atoms with Crippen molar-refractivity contribution in [2.24, 2.45) is 0 Å². The third-order valence-electron chi connectivity index (χ3n) is 2.90. The van der Waals surface area contributed by atoms with E-state index in [0.29, 0.717) is 5.92 Å². The number of benzene rings is 1. The molecular weight excluding hydrogens is 366 g/mol. The first kappa shape index (κ1) is 21.9. The van der Waals surface area contributed by atoms with E-state index >= 15 is 0 Å². The fourth-order valence-electron chi connectivity index (χ4n) is 1.84. The van der Waals surface area contributed by atoms with Gasteiger partial charge in [0.15, 0.2) is 0 Å². The van der Waals surface area contributed by atoms with Gasteiger partial charge in [0, 0.05) is 0 Å². The molecule has 20 heavy (non-hydrogen) atoms. The fourth-order valence-corrected chi connectivity index (χ4v) is 1.84.